The predicted octanol–water partition coefficient (Wildman–Crippen LogP) is 3.76. The summed E-state index contributed by atoms with van der Waals surface area (Å²) in [5.41, 5.74) is 2.56. The molecule has 1 aromatic heterocycles. The molecule has 2 N–H and O–H groups in total. The lowest BCUT2D eigenvalue weighted by atomic mass is 10.0. The zero-order chi connectivity index (χ0) is 17.6. The lowest BCUT2D eigenvalue weighted by molar-refractivity contribution is 0.252. The van der Waals surface area contributed by atoms with E-state index in [-0.39, 0.29) is 6.03 Å². The fourth-order valence-corrected chi connectivity index (χ4v) is 3.34. The van der Waals surface area contributed by atoms with Gasteiger partial charge in [0.25, 0.3) is 0 Å². The number of amidine groups is 1. The molecule has 126 valence electrons. The molecule has 0 aliphatic carbocycles. The number of aromatic amines is 1. The van der Waals surface area contributed by atoms with E-state index in [4.69, 9.17) is 0 Å². The Kier molecular flexibility index (Phi) is 3.76. The van der Waals surface area contributed by atoms with Crippen molar-refractivity contribution in [2.24, 2.45) is 4.99 Å². The van der Waals surface area contributed by atoms with E-state index >= 15 is 0 Å². The first-order valence-corrected chi connectivity index (χ1v) is 8.33. The van der Waals surface area contributed by atoms with Crippen molar-refractivity contribution in [1.82, 2.24) is 15.3 Å². The highest BCUT2D eigenvalue weighted by Gasteiger charge is 2.40. The molecule has 1 saturated heterocycles. The number of H-pyrrole nitrogens is 1. The third-order valence-corrected chi connectivity index (χ3v) is 4.65. The number of amides is 2. The van der Waals surface area contributed by atoms with E-state index in [9.17, 15) is 9.18 Å². The smallest absolute Gasteiger partial charge is 0.328 e. The van der Waals surface area contributed by atoms with Crippen LogP contribution in [0.25, 0.3) is 11.0 Å². The molecule has 25 heavy (non-hydrogen) atoms. The van der Waals surface area contributed by atoms with Gasteiger partial charge in [-0.1, -0.05) is 22.0 Å². The first-order chi connectivity index (χ1) is 12.1. The van der Waals surface area contributed by atoms with Gasteiger partial charge in [-0.15, -0.1) is 0 Å². The van der Waals surface area contributed by atoms with Crippen molar-refractivity contribution in [3.63, 3.8) is 0 Å². The summed E-state index contributed by atoms with van der Waals surface area (Å²) < 4.78 is 15.2. The first-order valence-electron chi connectivity index (χ1n) is 7.53. The van der Waals surface area contributed by atoms with Crippen molar-refractivity contribution in [1.29, 1.82) is 0 Å². The number of imidazole rings is 1. The number of aliphatic imine (C=N–C) groups is 1. The Morgan fingerprint density at radius 3 is 2.88 bits per heavy atom. The summed E-state index contributed by atoms with van der Waals surface area (Å²) in [5.74, 6) is -0.0174. The second-order valence-electron chi connectivity index (χ2n) is 5.58. The maximum Gasteiger partial charge on any atom is 0.328 e. The van der Waals surface area contributed by atoms with Gasteiger partial charge < -0.3 is 4.98 Å². The van der Waals surface area contributed by atoms with E-state index in [0.717, 1.165) is 11.0 Å². The van der Waals surface area contributed by atoms with Crippen LogP contribution in [0.15, 0.2) is 52.2 Å². The normalized spacial score (nSPS) is 19.0. The molecule has 0 bridgehead atoms. The number of urea groups is 1. The van der Waals surface area contributed by atoms with Gasteiger partial charge in [0, 0.05) is 22.8 Å². The number of hydrogen-bond acceptors (Lipinski definition) is 3. The van der Waals surface area contributed by atoms with Crippen LogP contribution in [0.1, 0.15) is 11.6 Å². The third-order valence-electron chi connectivity index (χ3n) is 4.15. The van der Waals surface area contributed by atoms with Gasteiger partial charge in [0.2, 0.25) is 0 Å². The van der Waals surface area contributed by atoms with Gasteiger partial charge in [0.1, 0.15) is 17.7 Å². The molecule has 0 radical (unpaired) electrons. The van der Waals surface area contributed by atoms with E-state index < -0.39 is 11.9 Å². The monoisotopic (exact) mass is 401 g/mol. The van der Waals surface area contributed by atoms with Crippen LogP contribution in [0.3, 0.4) is 0 Å². The largest absolute Gasteiger partial charge is 0.345 e. The minimum Gasteiger partial charge on any atom is -0.345 e. The minimum absolute atomic E-state index is 0.359. The van der Waals surface area contributed by atoms with Crippen LogP contribution in [0.5, 0.6) is 0 Å². The highest BCUT2D eigenvalue weighted by atomic mass is 79.9. The fourth-order valence-electron chi connectivity index (χ4n) is 3.00. The second-order valence-corrected chi connectivity index (χ2v) is 6.50. The van der Waals surface area contributed by atoms with Crippen molar-refractivity contribution in [3.05, 3.63) is 58.6 Å². The van der Waals surface area contributed by atoms with Crippen LogP contribution in [0.2, 0.25) is 0 Å². The molecule has 2 amide bonds. The molecule has 1 aliphatic heterocycles. The van der Waals surface area contributed by atoms with Crippen LogP contribution < -0.4 is 10.2 Å². The summed E-state index contributed by atoms with van der Waals surface area (Å²) in [6.07, 6.45) is 1.59. The quantitative estimate of drug-likeness (QED) is 0.685. The molecular weight excluding hydrogens is 389 g/mol. The Morgan fingerprint density at radius 1 is 1.28 bits per heavy atom. The number of halogens is 2. The van der Waals surface area contributed by atoms with Gasteiger partial charge in [0.15, 0.2) is 0 Å². The molecule has 3 aromatic rings. The Bertz CT molecular complexity index is 1020. The van der Waals surface area contributed by atoms with Crippen LogP contribution in [-0.4, -0.2) is 28.9 Å². The zero-order valence-corrected chi connectivity index (χ0v) is 14.7. The lowest BCUT2D eigenvalue weighted by Gasteiger charge is -2.23. The summed E-state index contributed by atoms with van der Waals surface area (Å²) in [5, 5.41) is 2.71. The van der Waals surface area contributed by atoms with Crippen molar-refractivity contribution in [3.8, 4) is 0 Å². The van der Waals surface area contributed by atoms with Crippen molar-refractivity contribution in [2.45, 2.75) is 6.04 Å². The topological polar surface area (TPSA) is 73.4 Å². The van der Waals surface area contributed by atoms with E-state index in [1.165, 1.54) is 11.0 Å². The number of carbonyl (C=O) groups excluding carboxylic acids is 1. The number of anilines is 1. The molecule has 8 heteroatoms. The van der Waals surface area contributed by atoms with Crippen LogP contribution in [0.4, 0.5) is 14.9 Å². The Morgan fingerprint density at radius 2 is 2.12 bits per heavy atom. The summed E-state index contributed by atoms with van der Waals surface area (Å²) in [4.78, 5) is 25.4. The average molecular weight is 402 g/mol. The number of rotatable bonds is 2. The van der Waals surface area contributed by atoms with Gasteiger partial charge in [-0.05, 0) is 30.3 Å². The molecule has 1 atom stereocenters. The minimum atomic E-state index is -0.665. The molecule has 1 fully saturated rings. The average Bonchev–Trinajstić information content (AvgIpc) is 3.18. The summed E-state index contributed by atoms with van der Waals surface area (Å²) in [6.45, 7) is 0. The molecule has 1 unspecified atom stereocenters. The van der Waals surface area contributed by atoms with Crippen molar-refractivity contribution >= 4 is 44.5 Å². The number of fused-ring (bicyclic) bond motifs is 1. The molecule has 1 aliphatic rings. The Labute approximate surface area is 150 Å². The van der Waals surface area contributed by atoms with Gasteiger partial charge >= 0.3 is 6.03 Å². The number of nitrogens with one attached hydrogen (secondary N) is 2. The number of hydrogen-bond donors (Lipinski definition) is 2. The second kappa shape index (κ2) is 5.96. The predicted molar refractivity (Wildman–Crippen MR) is 97.3 cm³/mol. The maximum atomic E-state index is 14.6. The number of benzene rings is 2. The number of nitrogens with zero attached hydrogens (tertiary/aromatic N) is 3. The van der Waals surface area contributed by atoms with Crippen LogP contribution in [0, 0.1) is 5.82 Å². The van der Waals surface area contributed by atoms with E-state index in [1.54, 1.807) is 37.6 Å². The van der Waals surface area contributed by atoms with Crippen LogP contribution >= 0.6 is 15.9 Å². The highest BCUT2D eigenvalue weighted by Crippen LogP contribution is 2.35. The molecule has 2 heterocycles. The van der Waals surface area contributed by atoms with Gasteiger partial charge in [-0.3, -0.25) is 15.2 Å². The lowest BCUT2D eigenvalue weighted by Crippen LogP contribution is -2.30. The molecule has 0 saturated carbocycles. The van der Waals surface area contributed by atoms with E-state index in [1.807, 2.05) is 6.07 Å². The zero-order valence-electron chi connectivity index (χ0n) is 13.1. The van der Waals surface area contributed by atoms with E-state index in [0.29, 0.717) is 21.6 Å². The summed E-state index contributed by atoms with van der Waals surface area (Å²) >= 11 is 3.25. The van der Waals surface area contributed by atoms with Crippen molar-refractivity contribution in [2.75, 3.05) is 11.9 Å². The van der Waals surface area contributed by atoms with Crippen LogP contribution in [-0.2, 0) is 0 Å². The molecular formula is C17H13BrFN5O. The first kappa shape index (κ1) is 15.8. The molecule has 0 spiro atoms. The third kappa shape index (κ3) is 2.58. The summed E-state index contributed by atoms with van der Waals surface area (Å²) in [7, 11) is 1.57. The SMILES string of the molecule is C/N=C1/NC(=O)N(c2ccc3[nH]cnc3c2)C1c1ccc(Br)cc1F. The van der Waals surface area contributed by atoms with E-state index in [2.05, 4.69) is 36.2 Å². The van der Waals surface area contributed by atoms with Crippen molar-refractivity contribution < 1.29 is 9.18 Å². The maximum absolute atomic E-state index is 14.6. The summed E-state index contributed by atoms with van der Waals surface area (Å²) in [6, 6.07) is 9.15. The van der Waals surface area contributed by atoms with Gasteiger partial charge in [-0.2, -0.15) is 0 Å². The van der Waals surface area contributed by atoms with Gasteiger partial charge in [-0.25, -0.2) is 14.2 Å². The number of carbonyl (C=O) groups is 1. The Balaban J connectivity index is 1.87. The Hall–Kier alpha value is -2.74. The highest BCUT2D eigenvalue weighted by molar-refractivity contribution is 9.10. The van der Waals surface area contributed by atoms with Gasteiger partial charge in [0.05, 0.1) is 17.4 Å². The molecule has 6 nitrogen and oxygen atoms in total. The standard InChI is InChI=1S/C17H13BrFN5O/c1-20-16-15(11-4-2-9(18)6-12(11)19)24(17(25)23-16)10-3-5-13-14(7-10)22-8-21-13/h2-8,15H,1H3,(H,21,22)(H,20,23,25). The fraction of sp³-hybridized carbons (Fsp3) is 0.118. The molecule has 4 rings (SSSR count). The number of aromatic nitrogens is 2. The molecule has 2 aromatic carbocycles.